The Morgan fingerprint density at radius 3 is 2.61 bits per heavy atom. The van der Waals surface area contributed by atoms with E-state index in [1.165, 1.54) is 0 Å². The zero-order chi connectivity index (χ0) is 16.7. The summed E-state index contributed by atoms with van der Waals surface area (Å²) in [6.45, 7) is 4.60. The van der Waals surface area contributed by atoms with Crippen molar-refractivity contribution >= 4 is 17.3 Å². The third kappa shape index (κ3) is 4.64. The average Bonchev–Trinajstić information content (AvgIpc) is 2.54. The molecule has 5 heteroatoms. The number of amides is 1. The van der Waals surface area contributed by atoms with Gasteiger partial charge in [0.25, 0.3) is 0 Å². The minimum absolute atomic E-state index is 0.140. The van der Waals surface area contributed by atoms with Gasteiger partial charge in [0, 0.05) is 0 Å². The third-order valence-electron chi connectivity index (χ3n) is 3.26. The molecule has 0 unspecified atom stereocenters. The van der Waals surface area contributed by atoms with Crippen LogP contribution in [0.2, 0.25) is 0 Å². The van der Waals surface area contributed by atoms with Gasteiger partial charge >= 0.3 is 0 Å². The van der Waals surface area contributed by atoms with Crippen LogP contribution in [0.4, 0.5) is 11.4 Å². The third-order valence-corrected chi connectivity index (χ3v) is 3.26. The molecule has 0 saturated heterocycles. The molecule has 5 nitrogen and oxygen atoms in total. The molecule has 0 heterocycles. The van der Waals surface area contributed by atoms with Crippen molar-refractivity contribution in [2.45, 2.75) is 13.8 Å². The van der Waals surface area contributed by atoms with E-state index in [1.54, 1.807) is 7.11 Å². The quantitative estimate of drug-likeness (QED) is 0.822. The second-order valence-corrected chi connectivity index (χ2v) is 5.03. The summed E-state index contributed by atoms with van der Waals surface area (Å²) in [5.74, 6) is 1.22. The van der Waals surface area contributed by atoms with E-state index < -0.39 is 0 Å². The first-order valence-electron chi connectivity index (χ1n) is 7.54. The highest BCUT2D eigenvalue weighted by atomic mass is 16.5. The van der Waals surface area contributed by atoms with Crippen molar-refractivity contribution in [3.8, 4) is 11.5 Å². The Morgan fingerprint density at radius 1 is 1.09 bits per heavy atom. The van der Waals surface area contributed by atoms with Crippen LogP contribution in [-0.4, -0.2) is 26.2 Å². The van der Waals surface area contributed by atoms with Crippen molar-refractivity contribution in [3.63, 3.8) is 0 Å². The van der Waals surface area contributed by atoms with Crippen molar-refractivity contribution in [1.82, 2.24) is 0 Å². The van der Waals surface area contributed by atoms with Crippen molar-refractivity contribution in [2.24, 2.45) is 0 Å². The van der Waals surface area contributed by atoms with Gasteiger partial charge in [-0.3, -0.25) is 4.79 Å². The SMILES string of the molecule is CCOc1ccccc1NCC(=O)Nc1cc(C)ccc1OC. The van der Waals surface area contributed by atoms with E-state index in [4.69, 9.17) is 9.47 Å². The molecular formula is C18H22N2O3. The lowest BCUT2D eigenvalue weighted by Gasteiger charge is -2.13. The highest BCUT2D eigenvalue weighted by molar-refractivity contribution is 5.95. The van der Waals surface area contributed by atoms with Gasteiger partial charge in [0.2, 0.25) is 5.91 Å². The van der Waals surface area contributed by atoms with E-state index >= 15 is 0 Å². The Morgan fingerprint density at radius 2 is 1.87 bits per heavy atom. The van der Waals surface area contributed by atoms with Crippen molar-refractivity contribution in [1.29, 1.82) is 0 Å². The van der Waals surface area contributed by atoms with Crippen molar-refractivity contribution in [2.75, 3.05) is 30.9 Å². The van der Waals surface area contributed by atoms with Gasteiger partial charge in [-0.1, -0.05) is 18.2 Å². The van der Waals surface area contributed by atoms with Crippen molar-refractivity contribution < 1.29 is 14.3 Å². The summed E-state index contributed by atoms with van der Waals surface area (Å²) < 4.78 is 10.8. The Hall–Kier alpha value is -2.69. The normalized spacial score (nSPS) is 10.0. The predicted octanol–water partition coefficient (Wildman–Crippen LogP) is 3.45. The number of methoxy groups -OCH3 is 1. The number of benzene rings is 2. The first-order chi connectivity index (χ1) is 11.1. The fourth-order valence-electron chi connectivity index (χ4n) is 2.18. The van der Waals surface area contributed by atoms with Gasteiger partial charge in [0.1, 0.15) is 11.5 Å². The first kappa shape index (κ1) is 16.7. The standard InChI is InChI=1S/C18H22N2O3/c1-4-23-17-8-6-5-7-14(17)19-12-18(21)20-15-11-13(2)9-10-16(15)22-3/h5-11,19H,4,12H2,1-3H3,(H,20,21). The van der Waals surface area contributed by atoms with Gasteiger partial charge < -0.3 is 20.1 Å². The maximum atomic E-state index is 12.2. The number of hydrogen-bond donors (Lipinski definition) is 2. The number of ether oxygens (including phenoxy) is 2. The van der Waals surface area contributed by atoms with Crippen LogP contribution in [0.1, 0.15) is 12.5 Å². The smallest absolute Gasteiger partial charge is 0.243 e. The molecule has 1 amide bonds. The van der Waals surface area contributed by atoms with Crippen LogP contribution >= 0.6 is 0 Å². The maximum absolute atomic E-state index is 12.2. The van der Waals surface area contributed by atoms with Crippen LogP contribution in [0.25, 0.3) is 0 Å². The van der Waals surface area contributed by atoms with Crippen LogP contribution in [-0.2, 0) is 4.79 Å². The van der Waals surface area contributed by atoms with E-state index in [1.807, 2.05) is 56.3 Å². The molecule has 0 radical (unpaired) electrons. The molecule has 122 valence electrons. The number of carbonyl (C=O) groups excluding carboxylic acids is 1. The summed E-state index contributed by atoms with van der Waals surface area (Å²) in [6, 6.07) is 13.2. The van der Waals surface area contributed by atoms with E-state index in [2.05, 4.69) is 10.6 Å². The van der Waals surface area contributed by atoms with E-state index in [0.717, 1.165) is 17.0 Å². The zero-order valence-electron chi connectivity index (χ0n) is 13.7. The molecular weight excluding hydrogens is 292 g/mol. The van der Waals surface area contributed by atoms with Crippen LogP contribution in [0.5, 0.6) is 11.5 Å². The number of anilines is 2. The van der Waals surface area contributed by atoms with Crippen molar-refractivity contribution in [3.05, 3.63) is 48.0 Å². The molecule has 2 aromatic carbocycles. The van der Waals surface area contributed by atoms with Gasteiger partial charge in [-0.15, -0.1) is 0 Å². The van der Waals surface area contributed by atoms with E-state index in [0.29, 0.717) is 18.0 Å². The van der Waals surface area contributed by atoms with Crippen LogP contribution < -0.4 is 20.1 Å². The summed E-state index contributed by atoms with van der Waals surface area (Å²) >= 11 is 0. The molecule has 0 aromatic heterocycles. The van der Waals surface area contributed by atoms with Gasteiger partial charge in [-0.25, -0.2) is 0 Å². The topological polar surface area (TPSA) is 59.6 Å². The lowest BCUT2D eigenvalue weighted by molar-refractivity contribution is -0.114. The molecule has 0 bridgehead atoms. The maximum Gasteiger partial charge on any atom is 0.243 e. The first-order valence-corrected chi connectivity index (χ1v) is 7.54. The fourth-order valence-corrected chi connectivity index (χ4v) is 2.18. The van der Waals surface area contributed by atoms with Crippen LogP contribution in [0.15, 0.2) is 42.5 Å². The molecule has 0 saturated carbocycles. The highest BCUT2D eigenvalue weighted by Crippen LogP contribution is 2.26. The number of rotatable bonds is 7. The molecule has 2 aromatic rings. The second-order valence-electron chi connectivity index (χ2n) is 5.03. The molecule has 0 spiro atoms. The molecule has 23 heavy (non-hydrogen) atoms. The highest BCUT2D eigenvalue weighted by Gasteiger charge is 2.09. The monoisotopic (exact) mass is 314 g/mol. The number of nitrogens with one attached hydrogen (secondary N) is 2. The molecule has 2 rings (SSSR count). The number of aryl methyl sites for hydroxylation is 1. The largest absolute Gasteiger partial charge is 0.495 e. The molecule has 0 aliphatic rings. The summed E-state index contributed by atoms with van der Waals surface area (Å²) in [6.07, 6.45) is 0. The minimum atomic E-state index is -0.153. The van der Waals surface area contributed by atoms with Gasteiger partial charge in [-0.05, 0) is 43.7 Å². The van der Waals surface area contributed by atoms with Crippen LogP contribution in [0.3, 0.4) is 0 Å². The average molecular weight is 314 g/mol. The summed E-state index contributed by atoms with van der Waals surface area (Å²) in [5, 5.41) is 5.95. The Balaban J connectivity index is 2.00. The Labute approximate surface area is 136 Å². The summed E-state index contributed by atoms with van der Waals surface area (Å²) in [4.78, 5) is 12.2. The van der Waals surface area contributed by atoms with E-state index in [9.17, 15) is 4.79 Å². The molecule has 0 atom stereocenters. The summed E-state index contributed by atoms with van der Waals surface area (Å²) in [7, 11) is 1.58. The number of hydrogen-bond acceptors (Lipinski definition) is 4. The van der Waals surface area contributed by atoms with E-state index in [-0.39, 0.29) is 12.5 Å². The Kier molecular flexibility index (Phi) is 5.86. The molecule has 0 aliphatic heterocycles. The van der Waals surface area contributed by atoms with Gasteiger partial charge in [0.15, 0.2) is 0 Å². The molecule has 0 aliphatic carbocycles. The molecule has 2 N–H and O–H groups in total. The minimum Gasteiger partial charge on any atom is -0.495 e. The van der Waals surface area contributed by atoms with Gasteiger partial charge in [-0.2, -0.15) is 0 Å². The lowest BCUT2D eigenvalue weighted by Crippen LogP contribution is -2.22. The summed E-state index contributed by atoms with van der Waals surface area (Å²) in [5.41, 5.74) is 2.51. The predicted molar refractivity (Wildman–Crippen MR) is 92.5 cm³/mol. The zero-order valence-corrected chi connectivity index (χ0v) is 13.7. The lowest BCUT2D eigenvalue weighted by atomic mass is 10.2. The van der Waals surface area contributed by atoms with Crippen LogP contribution in [0, 0.1) is 6.92 Å². The second kappa shape index (κ2) is 8.08. The number of carbonyl (C=O) groups is 1. The number of para-hydroxylation sites is 2. The fraction of sp³-hybridized carbons (Fsp3) is 0.278. The van der Waals surface area contributed by atoms with Gasteiger partial charge in [0.05, 0.1) is 31.6 Å². The molecule has 0 fully saturated rings. The Bertz CT molecular complexity index is 671.